The van der Waals surface area contributed by atoms with Crippen LogP contribution in [0, 0.1) is 0 Å². The Hall–Kier alpha value is -1.81. The Kier molecular flexibility index (Phi) is 7.55. The molecule has 0 aromatic carbocycles. The van der Waals surface area contributed by atoms with E-state index >= 15 is 0 Å². The predicted octanol–water partition coefficient (Wildman–Crippen LogP) is 3.57. The van der Waals surface area contributed by atoms with Gasteiger partial charge in [0.15, 0.2) is 5.96 Å². The average Bonchev–Trinajstić information content (AvgIpc) is 3.38. The second-order valence-electron chi connectivity index (χ2n) is 6.62. The predicted molar refractivity (Wildman–Crippen MR) is 129 cm³/mol. The normalized spacial score (nSPS) is 15.0. The molecule has 150 valence electrons. The zero-order valence-corrected chi connectivity index (χ0v) is 19.2. The Morgan fingerprint density at radius 2 is 2.11 bits per heavy atom. The molecule has 0 bridgehead atoms. The van der Waals surface area contributed by atoms with E-state index in [-0.39, 0.29) is 24.0 Å². The number of nitrogens with one attached hydrogen (secondary N) is 2. The first-order valence-corrected chi connectivity index (χ1v) is 10.5. The minimum atomic E-state index is 0. The Morgan fingerprint density at radius 3 is 2.86 bits per heavy atom. The van der Waals surface area contributed by atoms with Crippen LogP contribution in [0.4, 0.5) is 5.00 Å². The standard InChI is InChI=1S/C20H26N6S.HI/c1-2-21-20(26-12-10-25(11-13-26)18-6-4-14-27-18)23-9-7-16-15-24-19-17(16)5-3-8-22-19;/h3-6,8,14-15H,2,7,9-13H2,1H3,(H,21,23)(H,22,24);1H. The Balaban J connectivity index is 0.00000225. The van der Waals surface area contributed by atoms with Crippen molar-refractivity contribution in [1.82, 2.24) is 20.2 Å². The maximum Gasteiger partial charge on any atom is 0.194 e. The highest BCUT2D eigenvalue weighted by Gasteiger charge is 2.20. The molecule has 1 aliphatic rings. The van der Waals surface area contributed by atoms with Gasteiger partial charge in [0.25, 0.3) is 0 Å². The second-order valence-corrected chi connectivity index (χ2v) is 7.55. The molecule has 0 atom stereocenters. The lowest BCUT2D eigenvalue weighted by Gasteiger charge is -2.37. The van der Waals surface area contributed by atoms with Gasteiger partial charge in [0.05, 0.1) is 5.00 Å². The summed E-state index contributed by atoms with van der Waals surface area (Å²) in [6, 6.07) is 8.43. The zero-order valence-electron chi connectivity index (χ0n) is 16.1. The van der Waals surface area contributed by atoms with E-state index in [4.69, 9.17) is 4.99 Å². The van der Waals surface area contributed by atoms with Crippen LogP contribution in [0.2, 0.25) is 0 Å². The molecule has 28 heavy (non-hydrogen) atoms. The van der Waals surface area contributed by atoms with Crippen LogP contribution in [0.25, 0.3) is 11.0 Å². The number of halogens is 1. The second kappa shape index (κ2) is 10.1. The van der Waals surface area contributed by atoms with Crippen molar-refractivity contribution in [3.05, 3.63) is 47.6 Å². The highest BCUT2D eigenvalue weighted by Crippen LogP contribution is 2.22. The van der Waals surface area contributed by atoms with Gasteiger partial charge in [-0.25, -0.2) is 4.98 Å². The molecule has 0 saturated carbocycles. The van der Waals surface area contributed by atoms with Crippen LogP contribution in [0.3, 0.4) is 0 Å². The number of hydrogen-bond donors (Lipinski definition) is 2. The van der Waals surface area contributed by atoms with Gasteiger partial charge >= 0.3 is 0 Å². The average molecular weight is 510 g/mol. The first-order chi connectivity index (χ1) is 13.3. The number of hydrogen-bond acceptors (Lipinski definition) is 4. The highest BCUT2D eigenvalue weighted by molar-refractivity contribution is 14.0. The van der Waals surface area contributed by atoms with Crippen molar-refractivity contribution < 1.29 is 0 Å². The molecule has 8 heteroatoms. The lowest BCUT2D eigenvalue weighted by Crippen LogP contribution is -2.52. The van der Waals surface area contributed by atoms with Crippen molar-refractivity contribution >= 4 is 57.3 Å². The molecule has 6 nitrogen and oxygen atoms in total. The molecule has 0 spiro atoms. The summed E-state index contributed by atoms with van der Waals surface area (Å²) in [4.78, 5) is 17.3. The van der Waals surface area contributed by atoms with E-state index in [0.717, 1.165) is 57.3 Å². The third kappa shape index (κ3) is 4.78. The molecule has 0 amide bonds. The Labute approximate surface area is 187 Å². The van der Waals surface area contributed by atoms with E-state index in [1.807, 2.05) is 23.6 Å². The van der Waals surface area contributed by atoms with Crippen LogP contribution in [-0.2, 0) is 6.42 Å². The monoisotopic (exact) mass is 510 g/mol. The van der Waals surface area contributed by atoms with Crippen molar-refractivity contribution in [1.29, 1.82) is 0 Å². The van der Waals surface area contributed by atoms with Crippen LogP contribution in [0.1, 0.15) is 12.5 Å². The summed E-state index contributed by atoms with van der Waals surface area (Å²) in [6.07, 6.45) is 4.79. The lowest BCUT2D eigenvalue weighted by atomic mass is 10.1. The number of aromatic nitrogens is 2. The van der Waals surface area contributed by atoms with Crippen molar-refractivity contribution in [3.8, 4) is 0 Å². The van der Waals surface area contributed by atoms with Crippen LogP contribution < -0.4 is 10.2 Å². The number of anilines is 1. The number of aliphatic imine (C=N–C) groups is 1. The van der Waals surface area contributed by atoms with Crippen molar-refractivity contribution in [2.24, 2.45) is 4.99 Å². The highest BCUT2D eigenvalue weighted by atomic mass is 127. The number of piperazine rings is 1. The summed E-state index contributed by atoms with van der Waals surface area (Å²) in [7, 11) is 0. The SMILES string of the molecule is CCNC(=NCCc1c[nH]c2ncccc12)N1CCN(c2cccs2)CC1.I. The van der Waals surface area contributed by atoms with Gasteiger partial charge in [0.2, 0.25) is 0 Å². The fourth-order valence-corrected chi connectivity index (χ4v) is 4.30. The number of thiophene rings is 1. The van der Waals surface area contributed by atoms with E-state index in [9.17, 15) is 0 Å². The smallest absolute Gasteiger partial charge is 0.194 e. The van der Waals surface area contributed by atoms with E-state index in [1.165, 1.54) is 16.0 Å². The summed E-state index contributed by atoms with van der Waals surface area (Å²) in [5, 5.41) is 8.17. The number of nitrogens with zero attached hydrogens (tertiary/aromatic N) is 4. The van der Waals surface area contributed by atoms with Gasteiger partial charge in [-0.3, -0.25) is 4.99 Å². The quantitative estimate of drug-likeness (QED) is 0.313. The van der Waals surface area contributed by atoms with Crippen molar-refractivity contribution in [2.45, 2.75) is 13.3 Å². The summed E-state index contributed by atoms with van der Waals surface area (Å²) in [5.41, 5.74) is 2.23. The Morgan fingerprint density at radius 1 is 1.25 bits per heavy atom. The fourth-order valence-electron chi connectivity index (χ4n) is 3.52. The molecule has 0 radical (unpaired) electrons. The number of H-pyrrole nitrogens is 1. The largest absolute Gasteiger partial charge is 0.360 e. The van der Waals surface area contributed by atoms with Gasteiger partial charge < -0.3 is 20.1 Å². The molecule has 0 unspecified atom stereocenters. The minimum Gasteiger partial charge on any atom is -0.360 e. The zero-order chi connectivity index (χ0) is 18.5. The molecule has 2 N–H and O–H groups in total. The molecule has 4 rings (SSSR count). The maximum absolute atomic E-state index is 4.89. The van der Waals surface area contributed by atoms with Gasteiger partial charge in [-0.15, -0.1) is 35.3 Å². The van der Waals surface area contributed by atoms with E-state index in [2.05, 4.69) is 61.8 Å². The Bertz CT molecular complexity index is 883. The van der Waals surface area contributed by atoms with E-state index in [0.29, 0.717) is 0 Å². The molecular formula is C20H27IN6S. The van der Waals surface area contributed by atoms with Crippen molar-refractivity contribution in [3.63, 3.8) is 0 Å². The van der Waals surface area contributed by atoms with Crippen LogP contribution >= 0.6 is 35.3 Å². The van der Waals surface area contributed by atoms with Gasteiger partial charge in [0, 0.05) is 57.0 Å². The molecule has 4 heterocycles. The molecular weight excluding hydrogens is 483 g/mol. The fraction of sp³-hybridized carbons (Fsp3) is 0.400. The lowest BCUT2D eigenvalue weighted by molar-refractivity contribution is 0.373. The molecule has 1 aliphatic heterocycles. The van der Waals surface area contributed by atoms with Gasteiger partial charge in [-0.05, 0) is 48.6 Å². The molecule has 1 saturated heterocycles. The van der Waals surface area contributed by atoms with E-state index < -0.39 is 0 Å². The minimum absolute atomic E-state index is 0. The van der Waals surface area contributed by atoms with Gasteiger partial charge in [0.1, 0.15) is 5.65 Å². The first-order valence-electron chi connectivity index (χ1n) is 9.58. The van der Waals surface area contributed by atoms with Crippen molar-refractivity contribution in [2.75, 3.05) is 44.2 Å². The number of pyridine rings is 1. The summed E-state index contributed by atoms with van der Waals surface area (Å²) in [6.45, 7) is 7.87. The van der Waals surface area contributed by atoms with Gasteiger partial charge in [-0.2, -0.15) is 0 Å². The summed E-state index contributed by atoms with van der Waals surface area (Å²) < 4.78 is 0. The molecule has 3 aromatic heterocycles. The third-order valence-electron chi connectivity index (χ3n) is 4.91. The topological polar surface area (TPSA) is 59.6 Å². The maximum atomic E-state index is 4.89. The van der Waals surface area contributed by atoms with Crippen LogP contribution in [0.5, 0.6) is 0 Å². The van der Waals surface area contributed by atoms with E-state index in [1.54, 1.807) is 0 Å². The summed E-state index contributed by atoms with van der Waals surface area (Å²) in [5.74, 6) is 1.03. The number of guanidine groups is 1. The molecule has 0 aliphatic carbocycles. The van der Waals surface area contributed by atoms with Crippen LogP contribution in [-0.4, -0.2) is 60.1 Å². The number of rotatable bonds is 5. The summed E-state index contributed by atoms with van der Waals surface area (Å²) >= 11 is 1.82. The number of fused-ring (bicyclic) bond motifs is 1. The van der Waals surface area contributed by atoms with Crippen LogP contribution in [0.15, 0.2) is 47.0 Å². The first kappa shape index (κ1) is 20.9. The molecule has 1 fully saturated rings. The third-order valence-corrected chi connectivity index (χ3v) is 5.84. The molecule has 3 aromatic rings. The van der Waals surface area contributed by atoms with Gasteiger partial charge in [-0.1, -0.05) is 0 Å². The number of aromatic amines is 1.